The van der Waals surface area contributed by atoms with Gasteiger partial charge in [-0.25, -0.2) is 4.79 Å². The molecule has 2 aromatic rings. The minimum absolute atomic E-state index is 0.300. The predicted molar refractivity (Wildman–Crippen MR) is 105 cm³/mol. The van der Waals surface area contributed by atoms with Gasteiger partial charge in [-0.05, 0) is 47.6 Å². The van der Waals surface area contributed by atoms with E-state index >= 15 is 0 Å². The Hall–Kier alpha value is -2.62. The topological polar surface area (TPSA) is 55.4 Å². The van der Waals surface area contributed by atoms with Gasteiger partial charge in [-0.3, -0.25) is 4.79 Å². The number of carbonyl (C=O) groups is 2. The molecule has 138 valence electrons. The number of aryl methyl sites for hydroxylation is 2. The number of para-hydroxylation sites is 1. The first-order valence-electron chi connectivity index (χ1n) is 9.13. The normalized spacial score (nSPS) is 10.7. The minimum Gasteiger partial charge on any atom is -0.452 e. The molecule has 4 heteroatoms. The first-order valence-corrected chi connectivity index (χ1v) is 9.13. The molecule has 2 rings (SSSR count). The van der Waals surface area contributed by atoms with Gasteiger partial charge in [0.05, 0.1) is 5.56 Å². The Bertz CT molecular complexity index is 741. The van der Waals surface area contributed by atoms with E-state index in [4.69, 9.17) is 4.74 Å². The molecule has 26 heavy (non-hydrogen) atoms. The van der Waals surface area contributed by atoms with E-state index in [1.54, 1.807) is 12.1 Å². The highest BCUT2D eigenvalue weighted by atomic mass is 16.5. The van der Waals surface area contributed by atoms with Gasteiger partial charge >= 0.3 is 5.97 Å². The number of benzene rings is 2. The van der Waals surface area contributed by atoms with Crippen molar-refractivity contribution in [2.24, 2.45) is 0 Å². The van der Waals surface area contributed by atoms with Crippen LogP contribution in [-0.4, -0.2) is 18.5 Å². The summed E-state index contributed by atoms with van der Waals surface area (Å²) in [5.74, 6) is -0.417. The Balaban J connectivity index is 1.97. The highest BCUT2D eigenvalue weighted by Gasteiger charge is 2.13. The second-order valence-corrected chi connectivity index (χ2v) is 6.56. The third-order valence-corrected chi connectivity index (χ3v) is 4.41. The fourth-order valence-electron chi connectivity index (χ4n) is 2.80. The largest absolute Gasteiger partial charge is 0.452 e. The monoisotopic (exact) mass is 353 g/mol. The maximum atomic E-state index is 12.2. The second-order valence-electron chi connectivity index (χ2n) is 6.56. The predicted octanol–water partition coefficient (Wildman–Crippen LogP) is 4.73. The van der Waals surface area contributed by atoms with Crippen molar-refractivity contribution in [2.45, 2.75) is 46.5 Å². The Morgan fingerprint density at radius 2 is 1.54 bits per heavy atom. The van der Waals surface area contributed by atoms with Crippen LogP contribution in [0.5, 0.6) is 0 Å². The lowest BCUT2D eigenvalue weighted by Crippen LogP contribution is -2.22. The second kappa shape index (κ2) is 9.18. The van der Waals surface area contributed by atoms with Crippen LogP contribution in [0.2, 0.25) is 0 Å². The van der Waals surface area contributed by atoms with Gasteiger partial charge in [-0.1, -0.05) is 58.0 Å². The van der Waals surface area contributed by atoms with Crippen LogP contribution in [0.25, 0.3) is 0 Å². The number of ether oxygens (including phenoxy) is 1. The first kappa shape index (κ1) is 19.7. The third kappa shape index (κ3) is 4.94. The standard InChI is InChI=1S/C22H27NO3/c1-5-16-8-7-9-17(6-2)21(16)23-20(24)14-26-22(25)19-12-10-18(11-13-19)15(3)4/h7-13,15H,5-6,14H2,1-4H3,(H,23,24). The number of carbonyl (C=O) groups excluding carboxylic acids is 2. The number of rotatable bonds is 7. The molecular weight excluding hydrogens is 326 g/mol. The van der Waals surface area contributed by atoms with Crippen LogP contribution >= 0.6 is 0 Å². The van der Waals surface area contributed by atoms with Crippen LogP contribution in [0.1, 0.15) is 60.7 Å². The SMILES string of the molecule is CCc1cccc(CC)c1NC(=O)COC(=O)c1ccc(C(C)C)cc1. The molecule has 0 aliphatic carbocycles. The Kier molecular flexibility index (Phi) is 6.96. The molecule has 1 N–H and O–H groups in total. The average Bonchev–Trinajstić information content (AvgIpc) is 2.66. The Morgan fingerprint density at radius 1 is 0.962 bits per heavy atom. The lowest BCUT2D eigenvalue weighted by atomic mass is 10.0. The molecule has 0 aromatic heterocycles. The van der Waals surface area contributed by atoms with Gasteiger partial charge in [-0.15, -0.1) is 0 Å². The van der Waals surface area contributed by atoms with Gasteiger partial charge in [0, 0.05) is 5.69 Å². The van der Waals surface area contributed by atoms with E-state index in [2.05, 4.69) is 19.2 Å². The zero-order chi connectivity index (χ0) is 19.1. The third-order valence-electron chi connectivity index (χ3n) is 4.41. The lowest BCUT2D eigenvalue weighted by molar-refractivity contribution is -0.119. The summed E-state index contributed by atoms with van der Waals surface area (Å²) < 4.78 is 5.16. The number of esters is 1. The molecule has 4 nitrogen and oxygen atoms in total. The van der Waals surface area contributed by atoms with Crippen molar-refractivity contribution in [3.05, 3.63) is 64.7 Å². The van der Waals surface area contributed by atoms with Gasteiger partial charge in [0.25, 0.3) is 5.91 Å². The van der Waals surface area contributed by atoms with Crippen molar-refractivity contribution < 1.29 is 14.3 Å². The fourth-order valence-corrected chi connectivity index (χ4v) is 2.80. The number of hydrogen-bond donors (Lipinski definition) is 1. The van der Waals surface area contributed by atoms with Crippen LogP contribution in [-0.2, 0) is 22.4 Å². The van der Waals surface area contributed by atoms with Crippen LogP contribution < -0.4 is 5.32 Å². The van der Waals surface area contributed by atoms with Crippen LogP contribution in [0.15, 0.2) is 42.5 Å². The molecule has 0 aliphatic heterocycles. The van der Waals surface area contributed by atoms with Gasteiger partial charge < -0.3 is 10.1 Å². The molecule has 0 saturated heterocycles. The molecule has 2 aromatic carbocycles. The molecule has 0 unspecified atom stereocenters. The van der Waals surface area contributed by atoms with Crippen LogP contribution in [0.3, 0.4) is 0 Å². The van der Waals surface area contributed by atoms with Crippen molar-refractivity contribution in [2.75, 3.05) is 11.9 Å². The van der Waals surface area contributed by atoms with E-state index in [9.17, 15) is 9.59 Å². The van der Waals surface area contributed by atoms with Crippen LogP contribution in [0, 0.1) is 0 Å². The zero-order valence-electron chi connectivity index (χ0n) is 16.0. The van der Waals surface area contributed by atoms with Crippen molar-refractivity contribution in [1.29, 1.82) is 0 Å². The van der Waals surface area contributed by atoms with Crippen LogP contribution in [0.4, 0.5) is 5.69 Å². The summed E-state index contributed by atoms with van der Waals surface area (Å²) in [7, 11) is 0. The van der Waals surface area contributed by atoms with E-state index in [0.717, 1.165) is 35.2 Å². The number of hydrogen-bond acceptors (Lipinski definition) is 3. The van der Waals surface area contributed by atoms with E-state index in [1.807, 2.05) is 44.2 Å². The van der Waals surface area contributed by atoms with E-state index in [1.165, 1.54) is 0 Å². The van der Waals surface area contributed by atoms with Crippen molar-refractivity contribution in [3.8, 4) is 0 Å². The molecule has 0 atom stereocenters. The summed E-state index contributed by atoms with van der Waals surface area (Å²) in [5, 5.41) is 2.90. The maximum Gasteiger partial charge on any atom is 0.338 e. The summed E-state index contributed by atoms with van der Waals surface area (Å²) in [4.78, 5) is 24.4. The zero-order valence-corrected chi connectivity index (χ0v) is 16.0. The molecule has 0 fully saturated rings. The van der Waals surface area contributed by atoms with Gasteiger partial charge in [0.15, 0.2) is 6.61 Å². The number of amides is 1. The van der Waals surface area contributed by atoms with Gasteiger partial charge in [0.1, 0.15) is 0 Å². The van der Waals surface area contributed by atoms with E-state index in [0.29, 0.717) is 11.5 Å². The molecule has 0 spiro atoms. The molecule has 0 aliphatic rings. The van der Waals surface area contributed by atoms with Crippen molar-refractivity contribution >= 4 is 17.6 Å². The summed E-state index contributed by atoms with van der Waals surface area (Å²) in [6.07, 6.45) is 1.65. The van der Waals surface area contributed by atoms with E-state index < -0.39 is 5.97 Å². The molecule has 0 heterocycles. The highest BCUT2D eigenvalue weighted by Crippen LogP contribution is 2.22. The first-order chi connectivity index (χ1) is 12.5. The molecule has 0 bridgehead atoms. The van der Waals surface area contributed by atoms with E-state index in [-0.39, 0.29) is 12.5 Å². The summed E-state index contributed by atoms with van der Waals surface area (Å²) in [5.41, 5.74) is 4.59. The minimum atomic E-state index is -0.491. The molecular formula is C22H27NO3. The Morgan fingerprint density at radius 3 is 2.04 bits per heavy atom. The molecule has 0 saturated carbocycles. The highest BCUT2D eigenvalue weighted by molar-refractivity contribution is 5.96. The summed E-state index contributed by atoms with van der Waals surface area (Å²) >= 11 is 0. The summed E-state index contributed by atoms with van der Waals surface area (Å²) in [6, 6.07) is 13.3. The average molecular weight is 353 g/mol. The molecule has 0 radical (unpaired) electrons. The smallest absolute Gasteiger partial charge is 0.338 e. The quantitative estimate of drug-likeness (QED) is 0.732. The number of nitrogens with one attached hydrogen (secondary N) is 1. The lowest BCUT2D eigenvalue weighted by Gasteiger charge is -2.14. The van der Waals surface area contributed by atoms with Gasteiger partial charge in [-0.2, -0.15) is 0 Å². The summed E-state index contributed by atoms with van der Waals surface area (Å²) in [6.45, 7) is 7.98. The Labute approximate surface area is 155 Å². The van der Waals surface area contributed by atoms with Crippen molar-refractivity contribution in [3.63, 3.8) is 0 Å². The molecule has 1 amide bonds. The number of anilines is 1. The fraction of sp³-hybridized carbons (Fsp3) is 0.364. The van der Waals surface area contributed by atoms with Gasteiger partial charge in [0.2, 0.25) is 0 Å². The maximum absolute atomic E-state index is 12.2. The van der Waals surface area contributed by atoms with Crippen molar-refractivity contribution in [1.82, 2.24) is 0 Å².